The minimum atomic E-state index is -3.60. The topological polar surface area (TPSA) is 107 Å². The minimum absolute atomic E-state index is 0.0233. The van der Waals surface area contributed by atoms with Crippen molar-refractivity contribution in [2.45, 2.75) is 13.2 Å². The van der Waals surface area contributed by atoms with Crippen molar-refractivity contribution in [3.05, 3.63) is 59.0 Å². The fourth-order valence-electron chi connectivity index (χ4n) is 2.39. The third-order valence-corrected chi connectivity index (χ3v) is 4.41. The van der Waals surface area contributed by atoms with E-state index in [-0.39, 0.29) is 30.4 Å². The maximum Gasteiger partial charge on any atom is 0.244 e. The first-order valence-corrected chi connectivity index (χ1v) is 11.0. The molecule has 0 saturated heterocycles. The highest BCUT2D eigenvalue weighted by Gasteiger charge is 2.09. The lowest BCUT2D eigenvalue weighted by Crippen LogP contribution is -2.20. The monoisotopic (exact) mass is 455 g/mol. The van der Waals surface area contributed by atoms with Gasteiger partial charge in [0.15, 0.2) is 0 Å². The Kier molecular flexibility index (Phi) is 8.88. The average Bonchev–Trinajstić information content (AvgIpc) is 2.72. The Labute approximate surface area is 179 Å². The van der Waals surface area contributed by atoms with Crippen LogP contribution in [0.1, 0.15) is 16.8 Å². The first kappa shape index (κ1) is 24.2. The van der Waals surface area contributed by atoms with Crippen LogP contribution in [0.15, 0.2) is 36.4 Å². The molecule has 0 saturated carbocycles. The van der Waals surface area contributed by atoms with E-state index in [1.165, 1.54) is 37.5 Å². The zero-order valence-electron chi connectivity index (χ0n) is 17.0. The smallest absolute Gasteiger partial charge is 0.244 e. The van der Waals surface area contributed by atoms with Crippen molar-refractivity contribution in [3.63, 3.8) is 0 Å². The number of benzene rings is 1. The molecule has 0 aliphatic rings. The fraction of sp³-hybridized carbons (Fsp3) is 0.300. The number of carbonyl (C=O) groups excluding carboxylic acids is 1. The van der Waals surface area contributed by atoms with Crippen molar-refractivity contribution in [2.24, 2.45) is 0 Å². The molecule has 0 aliphatic carbocycles. The highest BCUT2D eigenvalue weighted by molar-refractivity contribution is 7.92. The van der Waals surface area contributed by atoms with Crippen LogP contribution in [0.25, 0.3) is 6.08 Å². The van der Waals surface area contributed by atoms with Crippen LogP contribution in [-0.4, -0.2) is 45.9 Å². The molecule has 168 valence electrons. The number of methoxy groups -OCH3 is 1. The van der Waals surface area contributed by atoms with E-state index in [2.05, 4.69) is 15.0 Å². The molecule has 0 aliphatic heterocycles. The highest BCUT2D eigenvalue weighted by atomic mass is 32.2. The summed E-state index contributed by atoms with van der Waals surface area (Å²) in [6.45, 7) is -0.197. The third kappa shape index (κ3) is 8.30. The Morgan fingerprint density at radius 2 is 2.00 bits per heavy atom. The summed E-state index contributed by atoms with van der Waals surface area (Å²) < 4.78 is 61.7. The van der Waals surface area contributed by atoms with Crippen LogP contribution in [0.3, 0.4) is 0 Å². The molecular formula is C20H23F2N3O5S. The molecule has 0 spiro atoms. The Balaban J connectivity index is 2.00. The van der Waals surface area contributed by atoms with E-state index in [1.807, 2.05) is 0 Å². The van der Waals surface area contributed by atoms with Crippen LogP contribution in [0.4, 0.5) is 14.5 Å². The van der Waals surface area contributed by atoms with Gasteiger partial charge in [-0.25, -0.2) is 22.2 Å². The second-order valence-corrected chi connectivity index (χ2v) is 8.16. The largest absolute Gasteiger partial charge is 0.475 e. The summed E-state index contributed by atoms with van der Waals surface area (Å²) in [5, 5.41) is 2.59. The average molecular weight is 455 g/mol. The number of alkyl halides is 1. The van der Waals surface area contributed by atoms with Gasteiger partial charge in [-0.05, 0) is 35.9 Å². The summed E-state index contributed by atoms with van der Waals surface area (Å²) in [4.78, 5) is 16.2. The number of amides is 1. The van der Waals surface area contributed by atoms with Crippen molar-refractivity contribution in [1.29, 1.82) is 0 Å². The van der Waals surface area contributed by atoms with Crippen molar-refractivity contribution < 1.29 is 31.5 Å². The van der Waals surface area contributed by atoms with E-state index in [0.29, 0.717) is 17.7 Å². The molecule has 8 nitrogen and oxygen atoms in total. The van der Waals surface area contributed by atoms with E-state index in [0.717, 1.165) is 12.3 Å². The maximum atomic E-state index is 14.0. The quantitative estimate of drug-likeness (QED) is 0.398. The number of rotatable bonds is 11. The SMILES string of the molecule is COCCOc1nc(CF)ccc1/C=C/C(=O)NCc1ccc(NS(C)(=O)=O)c(F)c1. The van der Waals surface area contributed by atoms with Gasteiger partial charge in [-0.1, -0.05) is 6.07 Å². The number of hydrogen-bond donors (Lipinski definition) is 2. The molecule has 2 rings (SSSR count). The van der Waals surface area contributed by atoms with Crippen molar-refractivity contribution in [1.82, 2.24) is 10.3 Å². The van der Waals surface area contributed by atoms with Crippen LogP contribution in [0.2, 0.25) is 0 Å². The van der Waals surface area contributed by atoms with Gasteiger partial charge in [0.05, 0.1) is 24.2 Å². The molecule has 1 aromatic carbocycles. The van der Waals surface area contributed by atoms with Gasteiger partial charge >= 0.3 is 0 Å². The number of hydrogen-bond acceptors (Lipinski definition) is 6. The number of sulfonamides is 1. The summed E-state index contributed by atoms with van der Waals surface area (Å²) in [6.07, 6.45) is 3.62. The van der Waals surface area contributed by atoms with Gasteiger partial charge in [0.1, 0.15) is 19.1 Å². The summed E-state index contributed by atoms with van der Waals surface area (Å²) in [7, 11) is -2.08. The molecule has 2 aromatic rings. The van der Waals surface area contributed by atoms with Crippen LogP contribution in [0.5, 0.6) is 5.88 Å². The molecular weight excluding hydrogens is 432 g/mol. The summed E-state index contributed by atoms with van der Waals surface area (Å²) in [5.74, 6) is -1.05. The van der Waals surface area contributed by atoms with Gasteiger partial charge in [0.25, 0.3) is 0 Å². The molecule has 2 N–H and O–H groups in total. The molecule has 0 atom stereocenters. The van der Waals surface area contributed by atoms with Crippen molar-refractivity contribution >= 4 is 27.7 Å². The van der Waals surface area contributed by atoms with E-state index >= 15 is 0 Å². The maximum absolute atomic E-state index is 14.0. The van der Waals surface area contributed by atoms with Gasteiger partial charge < -0.3 is 14.8 Å². The number of pyridine rings is 1. The number of anilines is 1. The Morgan fingerprint density at radius 3 is 2.65 bits per heavy atom. The molecule has 0 fully saturated rings. The van der Waals surface area contributed by atoms with Gasteiger partial charge in [-0.2, -0.15) is 0 Å². The molecule has 31 heavy (non-hydrogen) atoms. The number of halogens is 2. The van der Waals surface area contributed by atoms with Gasteiger partial charge in [0, 0.05) is 25.3 Å². The molecule has 1 amide bonds. The first-order valence-electron chi connectivity index (χ1n) is 9.11. The van der Waals surface area contributed by atoms with E-state index in [4.69, 9.17) is 9.47 Å². The summed E-state index contributed by atoms with van der Waals surface area (Å²) in [6, 6.07) is 6.95. The molecule has 1 aromatic heterocycles. The summed E-state index contributed by atoms with van der Waals surface area (Å²) >= 11 is 0. The zero-order chi connectivity index (χ0) is 22.9. The lowest BCUT2D eigenvalue weighted by atomic mass is 10.2. The number of aromatic nitrogens is 1. The van der Waals surface area contributed by atoms with Gasteiger partial charge in [-0.15, -0.1) is 0 Å². The lowest BCUT2D eigenvalue weighted by molar-refractivity contribution is -0.116. The van der Waals surface area contributed by atoms with Crippen molar-refractivity contribution in [3.8, 4) is 5.88 Å². The van der Waals surface area contributed by atoms with Crippen LogP contribution >= 0.6 is 0 Å². The molecule has 11 heteroatoms. The zero-order valence-corrected chi connectivity index (χ0v) is 17.8. The fourth-order valence-corrected chi connectivity index (χ4v) is 2.96. The molecule has 0 unspecified atom stereocenters. The molecule has 0 bridgehead atoms. The normalized spacial score (nSPS) is 11.5. The number of nitrogens with one attached hydrogen (secondary N) is 2. The van der Waals surface area contributed by atoms with Crippen LogP contribution < -0.4 is 14.8 Å². The Bertz CT molecular complexity index is 1050. The van der Waals surface area contributed by atoms with E-state index < -0.39 is 28.4 Å². The predicted octanol–water partition coefficient (Wildman–Crippen LogP) is 2.42. The molecule has 1 heterocycles. The Hall–Kier alpha value is -3.05. The van der Waals surface area contributed by atoms with Gasteiger partial charge in [-0.3, -0.25) is 9.52 Å². The van der Waals surface area contributed by atoms with E-state index in [9.17, 15) is 22.0 Å². The first-order chi connectivity index (χ1) is 14.7. The highest BCUT2D eigenvalue weighted by Crippen LogP contribution is 2.19. The van der Waals surface area contributed by atoms with Gasteiger partial charge in [0.2, 0.25) is 21.8 Å². The lowest BCUT2D eigenvalue weighted by Gasteiger charge is -2.09. The standard InChI is InChI=1S/C20H23F2N3O5S/c1-29-9-10-30-20-15(4-6-16(12-21)24-20)5-8-19(26)23-13-14-3-7-18(17(22)11-14)25-31(2,27)28/h3-8,11,25H,9-10,12-13H2,1-2H3,(H,23,26)/b8-5+. The van der Waals surface area contributed by atoms with Crippen LogP contribution in [-0.2, 0) is 32.8 Å². The summed E-state index contributed by atoms with van der Waals surface area (Å²) in [5.41, 5.74) is 0.939. The predicted molar refractivity (Wildman–Crippen MR) is 112 cm³/mol. The second-order valence-electron chi connectivity index (χ2n) is 6.41. The number of nitrogens with zero attached hydrogens (tertiary/aromatic N) is 1. The third-order valence-electron chi connectivity index (χ3n) is 3.82. The number of carbonyl (C=O) groups is 1. The minimum Gasteiger partial charge on any atom is -0.475 e. The van der Waals surface area contributed by atoms with E-state index in [1.54, 1.807) is 6.07 Å². The number of ether oxygens (including phenoxy) is 2. The van der Waals surface area contributed by atoms with Crippen LogP contribution in [0, 0.1) is 5.82 Å². The second kappa shape index (κ2) is 11.4. The Morgan fingerprint density at radius 1 is 1.23 bits per heavy atom. The molecule has 0 radical (unpaired) electrons. The van der Waals surface area contributed by atoms with Crippen molar-refractivity contribution in [2.75, 3.05) is 31.3 Å².